The van der Waals surface area contributed by atoms with E-state index >= 15 is 0 Å². The Hall–Kier alpha value is -3.00. The Kier molecular flexibility index (Phi) is 6.99. The molecular weight excluding hydrogens is 398 g/mol. The zero-order valence-electron chi connectivity index (χ0n) is 17.7. The number of nitrogens with one attached hydrogen (secondary N) is 1. The predicted octanol–water partition coefficient (Wildman–Crippen LogP) is 3.29. The molecule has 3 N–H and O–H groups in total. The van der Waals surface area contributed by atoms with Crippen molar-refractivity contribution in [2.45, 2.75) is 51.3 Å². The highest BCUT2D eigenvalue weighted by molar-refractivity contribution is 8.00. The number of nitrogens with zero attached hydrogens (tertiary/aromatic N) is 3. The Morgan fingerprint density at radius 3 is 2.43 bits per heavy atom. The molecule has 3 rings (SSSR count). The SMILES string of the molecule is Cc1ccc(CNC(=O)[C@H](C)Sc2nnc(COc3cc(C)cc(C)c3)n2N)cc1. The van der Waals surface area contributed by atoms with E-state index in [0.717, 1.165) is 22.4 Å². The number of aryl methyl sites for hydroxylation is 3. The molecule has 0 unspecified atom stereocenters. The smallest absolute Gasteiger partial charge is 0.233 e. The summed E-state index contributed by atoms with van der Waals surface area (Å²) < 4.78 is 7.18. The van der Waals surface area contributed by atoms with Gasteiger partial charge >= 0.3 is 0 Å². The van der Waals surface area contributed by atoms with E-state index in [1.54, 1.807) is 0 Å². The molecule has 0 fully saturated rings. The van der Waals surface area contributed by atoms with E-state index in [4.69, 9.17) is 10.6 Å². The second-order valence-corrected chi connectivity index (χ2v) is 8.65. The number of thioether (sulfide) groups is 1. The largest absolute Gasteiger partial charge is 0.486 e. The van der Waals surface area contributed by atoms with E-state index in [9.17, 15) is 4.79 Å². The maximum atomic E-state index is 12.4. The van der Waals surface area contributed by atoms with Gasteiger partial charge in [0.25, 0.3) is 0 Å². The normalized spacial score (nSPS) is 11.9. The summed E-state index contributed by atoms with van der Waals surface area (Å²) in [6, 6.07) is 14.1. The number of hydrogen-bond acceptors (Lipinski definition) is 6. The minimum atomic E-state index is -0.366. The number of rotatable bonds is 8. The van der Waals surface area contributed by atoms with Crippen molar-refractivity contribution >= 4 is 17.7 Å². The van der Waals surface area contributed by atoms with Crippen LogP contribution in [0.25, 0.3) is 0 Å². The fraction of sp³-hybridized carbons (Fsp3) is 0.318. The molecule has 7 nitrogen and oxygen atoms in total. The maximum Gasteiger partial charge on any atom is 0.233 e. The molecular formula is C22H27N5O2S. The predicted molar refractivity (Wildman–Crippen MR) is 119 cm³/mol. The lowest BCUT2D eigenvalue weighted by molar-refractivity contribution is -0.120. The lowest BCUT2D eigenvalue weighted by Gasteiger charge is -2.12. The average Bonchev–Trinajstić information content (AvgIpc) is 3.04. The minimum Gasteiger partial charge on any atom is -0.486 e. The summed E-state index contributed by atoms with van der Waals surface area (Å²) in [5.74, 6) is 7.28. The molecule has 0 spiro atoms. The summed E-state index contributed by atoms with van der Waals surface area (Å²) in [5.41, 5.74) is 4.49. The lowest BCUT2D eigenvalue weighted by Crippen LogP contribution is -2.31. The number of benzene rings is 2. The first-order chi connectivity index (χ1) is 14.3. The van der Waals surface area contributed by atoms with Crippen LogP contribution in [0.1, 0.15) is 35.0 Å². The highest BCUT2D eigenvalue weighted by Gasteiger charge is 2.19. The van der Waals surface area contributed by atoms with Gasteiger partial charge in [0.15, 0.2) is 5.82 Å². The van der Waals surface area contributed by atoms with Gasteiger partial charge in [-0.15, -0.1) is 10.2 Å². The number of aromatic nitrogens is 3. The molecule has 8 heteroatoms. The third-order valence-electron chi connectivity index (χ3n) is 4.54. The molecule has 0 aliphatic heterocycles. The van der Waals surface area contributed by atoms with E-state index < -0.39 is 0 Å². The van der Waals surface area contributed by atoms with Crippen LogP contribution in [0.15, 0.2) is 47.6 Å². The van der Waals surface area contributed by atoms with Gasteiger partial charge in [-0.1, -0.05) is 47.7 Å². The van der Waals surface area contributed by atoms with Crippen LogP contribution in [0.5, 0.6) is 5.75 Å². The zero-order chi connectivity index (χ0) is 21.7. The van der Waals surface area contributed by atoms with Crippen molar-refractivity contribution in [2.75, 3.05) is 5.84 Å². The van der Waals surface area contributed by atoms with E-state index in [2.05, 4.69) is 21.6 Å². The Morgan fingerprint density at radius 1 is 1.10 bits per heavy atom. The van der Waals surface area contributed by atoms with Gasteiger partial charge in [0.2, 0.25) is 11.1 Å². The van der Waals surface area contributed by atoms with Gasteiger partial charge in [-0.3, -0.25) is 4.79 Å². The number of ether oxygens (including phenoxy) is 1. The van der Waals surface area contributed by atoms with Crippen molar-refractivity contribution in [1.29, 1.82) is 0 Å². The van der Waals surface area contributed by atoms with Gasteiger partial charge in [-0.25, -0.2) is 4.68 Å². The summed E-state index contributed by atoms with van der Waals surface area (Å²) >= 11 is 1.26. The minimum absolute atomic E-state index is 0.0865. The quantitative estimate of drug-likeness (QED) is 0.425. The molecule has 0 aliphatic rings. The molecule has 1 atom stereocenters. The molecule has 1 heterocycles. The molecule has 3 aromatic rings. The topological polar surface area (TPSA) is 95.1 Å². The molecule has 0 radical (unpaired) electrons. The number of carbonyl (C=O) groups excluding carboxylic acids is 1. The number of amides is 1. The molecule has 2 aromatic carbocycles. The molecule has 1 aromatic heterocycles. The summed E-state index contributed by atoms with van der Waals surface area (Å²) in [6.45, 7) is 8.56. The Labute approximate surface area is 181 Å². The van der Waals surface area contributed by atoms with E-state index in [1.165, 1.54) is 22.0 Å². The molecule has 0 bridgehead atoms. The van der Waals surface area contributed by atoms with E-state index in [1.807, 2.05) is 64.1 Å². The van der Waals surface area contributed by atoms with Gasteiger partial charge in [-0.2, -0.15) is 0 Å². The summed E-state index contributed by atoms with van der Waals surface area (Å²) in [7, 11) is 0. The van der Waals surface area contributed by atoms with Crippen LogP contribution in [0.4, 0.5) is 0 Å². The fourth-order valence-corrected chi connectivity index (χ4v) is 3.71. The van der Waals surface area contributed by atoms with Gasteiger partial charge < -0.3 is 15.9 Å². The van der Waals surface area contributed by atoms with E-state index in [-0.39, 0.29) is 17.8 Å². The first-order valence-electron chi connectivity index (χ1n) is 9.72. The summed E-state index contributed by atoms with van der Waals surface area (Å²) in [4.78, 5) is 12.4. The first kappa shape index (κ1) is 21.7. The van der Waals surface area contributed by atoms with Crippen LogP contribution in [0.2, 0.25) is 0 Å². The van der Waals surface area contributed by atoms with Gasteiger partial charge in [0.1, 0.15) is 12.4 Å². The van der Waals surface area contributed by atoms with Crippen molar-refractivity contribution in [3.05, 3.63) is 70.5 Å². The maximum absolute atomic E-state index is 12.4. The molecule has 0 aliphatic carbocycles. The van der Waals surface area contributed by atoms with Gasteiger partial charge in [0.05, 0.1) is 5.25 Å². The van der Waals surface area contributed by atoms with Crippen molar-refractivity contribution < 1.29 is 9.53 Å². The standard InChI is InChI=1S/C22H27N5O2S/c1-14-5-7-18(8-6-14)12-24-21(28)17(4)30-22-26-25-20(27(22)23)13-29-19-10-15(2)9-16(3)11-19/h5-11,17H,12-13,23H2,1-4H3,(H,24,28)/t17-/m0/s1. The van der Waals surface area contributed by atoms with Gasteiger partial charge in [0, 0.05) is 6.54 Å². The molecule has 30 heavy (non-hydrogen) atoms. The molecule has 1 amide bonds. The van der Waals surface area contributed by atoms with Crippen molar-refractivity contribution in [3.63, 3.8) is 0 Å². The second kappa shape index (κ2) is 9.67. The van der Waals surface area contributed by atoms with Crippen LogP contribution < -0.4 is 15.9 Å². The monoisotopic (exact) mass is 425 g/mol. The number of nitrogens with two attached hydrogens (primary N) is 1. The highest BCUT2D eigenvalue weighted by atomic mass is 32.2. The van der Waals surface area contributed by atoms with Crippen LogP contribution in [0.3, 0.4) is 0 Å². The third-order valence-corrected chi connectivity index (χ3v) is 5.59. The van der Waals surface area contributed by atoms with Crippen molar-refractivity contribution in [3.8, 4) is 5.75 Å². The Balaban J connectivity index is 1.54. The summed E-state index contributed by atoms with van der Waals surface area (Å²) in [5, 5.41) is 11.2. The number of hydrogen-bond donors (Lipinski definition) is 2. The Bertz CT molecular complexity index is 997. The van der Waals surface area contributed by atoms with Crippen LogP contribution in [-0.2, 0) is 17.9 Å². The number of carbonyl (C=O) groups is 1. The van der Waals surface area contributed by atoms with Gasteiger partial charge in [-0.05, 0) is 56.5 Å². The van der Waals surface area contributed by atoms with E-state index in [0.29, 0.717) is 17.5 Å². The first-order valence-corrected chi connectivity index (χ1v) is 10.6. The third kappa shape index (κ3) is 5.76. The lowest BCUT2D eigenvalue weighted by atomic mass is 10.1. The van der Waals surface area contributed by atoms with Crippen molar-refractivity contribution in [2.24, 2.45) is 0 Å². The average molecular weight is 426 g/mol. The van der Waals surface area contributed by atoms with Crippen molar-refractivity contribution in [1.82, 2.24) is 20.2 Å². The summed E-state index contributed by atoms with van der Waals surface area (Å²) in [6.07, 6.45) is 0. The molecule has 0 saturated heterocycles. The molecule has 158 valence electrons. The van der Waals surface area contributed by atoms with Crippen LogP contribution in [0, 0.1) is 20.8 Å². The molecule has 0 saturated carbocycles. The van der Waals surface area contributed by atoms with Crippen LogP contribution in [-0.4, -0.2) is 26.0 Å². The highest BCUT2D eigenvalue weighted by Crippen LogP contribution is 2.22. The van der Waals surface area contributed by atoms with Crippen LogP contribution >= 0.6 is 11.8 Å². The zero-order valence-corrected chi connectivity index (χ0v) is 18.5. The Morgan fingerprint density at radius 2 is 1.77 bits per heavy atom. The fourth-order valence-electron chi connectivity index (χ4n) is 2.90. The second-order valence-electron chi connectivity index (χ2n) is 7.34. The number of nitrogen functional groups attached to an aromatic ring is 1.